The molecule has 1 atom stereocenters. The van der Waals surface area contributed by atoms with Crippen LogP contribution in [0.2, 0.25) is 0 Å². The molecule has 108 valence electrons. The first-order valence-corrected chi connectivity index (χ1v) is 6.05. The summed E-state index contributed by atoms with van der Waals surface area (Å²) in [5.74, 6) is -4.59. The quantitative estimate of drug-likeness (QED) is 0.572. The highest BCUT2D eigenvalue weighted by Crippen LogP contribution is 2.29. The second kappa shape index (κ2) is 4.89. The fourth-order valence-corrected chi connectivity index (χ4v) is 2.12. The summed E-state index contributed by atoms with van der Waals surface area (Å²) in [6.07, 6.45) is 0. The number of benzene rings is 2. The molecule has 1 unspecified atom stereocenters. The van der Waals surface area contributed by atoms with E-state index in [1.54, 1.807) is 0 Å². The molecule has 3 aromatic rings. The van der Waals surface area contributed by atoms with E-state index in [1.807, 2.05) is 0 Å². The summed E-state index contributed by atoms with van der Waals surface area (Å²) in [7, 11) is 0. The zero-order chi connectivity index (χ0) is 15.1. The monoisotopic (exact) mass is 295 g/mol. The SMILES string of the molecule is NC(c1cc2cc(F)ccc2o1)c1ccc(F)c(F)c1F. The highest BCUT2D eigenvalue weighted by atomic mass is 19.2. The van der Waals surface area contributed by atoms with Gasteiger partial charge in [-0.25, -0.2) is 17.6 Å². The lowest BCUT2D eigenvalue weighted by atomic mass is 10.0. The molecule has 0 aliphatic heterocycles. The van der Waals surface area contributed by atoms with Gasteiger partial charge in [0.25, 0.3) is 0 Å². The van der Waals surface area contributed by atoms with Crippen LogP contribution < -0.4 is 5.73 Å². The minimum atomic E-state index is -1.59. The Balaban J connectivity index is 2.08. The summed E-state index contributed by atoms with van der Waals surface area (Å²) in [5, 5.41) is 0.448. The van der Waals surface area contributed by atoms with Gasteiger partial charge < -0.3 is 10.2 Å². The summed E-state index contributed by atoms with van der Waals surface area (Å²) in [6, 6.07) is 5.99. The zero-order valence-corrected chi connectivity index (χ0v) is 10.5. The molecule has 3 rings (SSSR count). The minimum absolute atomic E-state index is 0.125. The van der Waals surface area contributed by atoms with E-state index in [2.05, 4.69) is 0 Å². The van der Waals surface area contributed by atoms with Crippen LogP contribution in [0.1, 0.15) is 17.4 Å². The number of furan rings is 1. The molecule has 6 heteroatoms. The van der Waals surface area contributed by atoms with Crippen molar-refractivity contribution in [2.24, 2.45) is 5.73 Å². The molecule has 1 heterocycles. The third-order valence-corrected chi connectivity index (χ3v) is 3.20. The van der Waals surface area contributed by atoms with Gasteiger partial charge in [-0.3, -0.25) is 0 Å². The molecule has 1 aromatic heterocycles. The Labute approximate surface area is 116 Å². The first-order valence-electron chi connectivity index (χ1n) is 6.05. The lowest BCUT2D eigenvalue weighted by Crippen LogP contribution is -2.14. The molecule has 2 aromatic carbocycles. The van der Waals surface area contributed by atoms with Crippen molar-refractivity contribution in [3.05, 3.63) is 71.0 Å². The standard InChI is InChI=1S/C15H9F4NO/c16-8-1-4-11-7(5-8)6-12(21-11)15(20)9-2-3-10(17)14(19)13(9)18/h1-6,15H,20H2. The van der Waals surface area contributed by atoms with E-state index < -0.39 is 29.3 Å². The van der Waals surface area contributed by atoms with Crippen LogP contribution in [0, 0.1) is 23.3 Å². The molecule has 0 saturated carbocycles. The summed E-state index contributed by atoms with van der Waals surface area (Å²) in [5.41, 5.74) is 5.94. The van der Waals surface area contributed by atoms with E-state index in [1.165, 1.54) is 24.3 Å². The summed E-state index contributed by atoms with van der Waals surface area (Å²) < 4.78 is 58.4. The lowest BCUT2D eigenvalue weighted by molar-refractivity contribution is 0.432. The summed E-state index contributed by atoms with van der Waals surface area (Å²) in [4.78, 5) is 0. The molecule has 0 radical (unpaired) electrons. The van der Waals surface area contributed by atoms with E-state index in [0.29, 0.717) is 11.0 Å². The second-order valence-electron chi connectivity index (χ2n) is 4.57. The molecular formula is C15H9F4NO. The Hall–Kier alpha value is -2.34. The maximum Gasteiger partial charge on any atom is 0.194 e. The molecule has 0 aliphatic carbocycles. The topological polar surface area (TPSA) is 39.2 Å². The Morgan fingerprint density at radius 2 is 1.67 bits per heavy atom. The second-order valence-corrected chi connectivity index (χ2v) is 4.57. The number of rotatable bonds is 2. The third kappa shape index (κ3) is 2.27. The first-order chi connectivity index (χ1) is 9.97. The van der Waals surface area contributed by atoms with Gasteiger partial charge in [-0.05, 0) is 30.3 Å². The van der Waals surface area contributed by atoms with Crippen LogP contribution in [0.3, 0.4) is 0 Å². The Kier molecular flexibility index (Phi) is 3.17. The lowest BCUT2D eigenvalue weighted by Gasteiger charge is -2.10. The van der Waals surface area contributed by atoms with Gasteiger partial charge in [-0.15, -0.1) is 0 Å². The van der Waals surface area contributed by atoms with Crippen LogP contribution in [0.5, 0.6) is 0 Å². The normalized spacial score (nSPS) is 12.8. The molecule has 0 spiro atoms. The maximum absolute atomic E-state index is 13.7. The van der Waals surface area contributed by atoms with Gasteiger partial charge in [0.15, 0.2) is 17.5 Å². The molecule has 0 bridgehead atoms. The minimum Gasteiger partial charge on any atom is -0.459 e. The van der Waals surface area contributed by atoms with Crippen molar-refractivity contribution in [3.8, 4) is 0 Å². The third-order valence-electron chi connectivity index (χ3n) is 3.20. The van der Waals surface area contributed by atoms with Gasteiger partial charge in [0.1, 0.15) is 17.2 Å². The smallest absolute Gasteiger partial charge is 0.194 e. The van der Waals surface area contributed by atoms with E-state index in [-0.39, 0.29) is 11.3 Å². The molecular weight excluding hydrogens is 286 g/mol. The van der Waals surface area contributed by atoms with Gasteiger partial charge >= 0.3 is 0 Å². The molecule has 0 amide bonds. The highest BCUT2D eigenvalue weighted by Gasteiger charge is 2.22. The molecule has 21 heavy (non-hydrogen) atoms. The number of hydrogen-bond donors (Lipinski definition) is 1. The molecule has 0 fully saturated rings. The highest BCUT2D eigenvalue weighted by molar-refractivity contribution is 5.78. The fourth-order valence-electron chi connectivity index (χ4n) is 2.12. The van der Waals surface area contributed by atoms with Gasteiger partial charge in [-0.1, -0.05) is 6.07 Å². The number of halogens is 4. The van der Waals surface area contributed by atoms with Crippen LogP contribution in [0.15, 0.2) is 40.8 Å². The van der Waals surface area contributed by atoms with E-state index >= 15 is 0 Å². The average molecular weight is 295 g/mol. The first kappa shape index (κ1) is 13.6. The maximum atomic E-state index is 13.7. The van der Waals surface area contributed by atoms with Crippen molar-refractivity contribution in [1.82, 2.24) is 0 Å². The van der Waals surface area contributed by atoms with Crippen molar-refractivity contribution in [3.63, 3.8) is 0 Å². The predicted octanol–water partition coefficient (Wildman–Crippen LogP) is 4.04. The van der Waals surface area contributed by atoms with Crippen LogP contribution in [0.4, 0.5) is 17.6 Å². The molecule has 2 N–H and O–H groups in total. The Morgan fingerprint density at radius 3 is 2.43 bits per heavy atom. The fraction of sp³-hybridized carbons (Fsp3) is 0.0667. The van der Waals surface area contributed by atoms with Gasteiger partial charge in [0.2, 0.25) is 0 Å². The largest absolute Gasteiger partial charge is 0.459 e. The molecule has 0 aliphatic rings. The summed E-state index contributed by atoms with van der Waals surface area (Å²) >= 11 is 0. The Morgan fingerprint density at radius 1 is 0.905 bits per heavy atom. The van der Waals surface area contributed by atoms with Gasteiger partial charge in [0.05, 0.1) is 6.04 Å². The van der Waals surface area contributed by atoms with Crippen molar-refractivity contribution in [2.45, 2.75) is 6.04 Å². The van der Waals surface area contributed by atoms with Crippen molar-refractivity contribution >= 4 is 11.0 Å². The predicted molar refractivity (Wildman–Crippen MR) is 68.5 cm³/mol. The average Bonchev–Trinajstić information content (AvgIpc) is 2.87. The van der Waals surface area contributed by atoms with Crippen LogP contribution in [0.25, 0.3) is 11.0 Å². The van der Waals surface area contributed by atoms with E-state index in [0.717, 1.165) is 12.1 Å². The molecule has 0 saturated heterocycles. The molecule has 2 nitrogen and oxygen atoms in total. The summed E-state index contributed by atoms with van der Waals surface area (Å²) in [6.45, 7) is 0. The van der Waals surface area contributed by atoms with Crippen LogP contribution in [-0.2, 0) is 0 Å². The van der Waals surface area contributed by atoms with Crippen molar-refractivity contribution in [2.75, 3.05) is 0 Å². The Bertz CT molecular complexity index is 828. The van der Waals surface area contributed by atoms with Gasteiger partial charge in [0, 0.05) is 10.9 Å². The number of fused-ring (bicyclic) bond motifs is 1. The number of hydrogen-bond acceptors (Lipinski definition) is 2. The number of nitrogens with two attached hydrogens (primary N) is 1. The van der Waals surface area contributed by atoms with Crippen molar-refractivity contribution in [1.29, 1.82) is 0 Å². The van der Waals surface area contributed by atoms with Crippen LogP contribution >= 0.6 is 0 Å². The zero-order valence-electron chi connectivity index (χ0n) is 10.5. The van der Waals surface area contributed by atoms with E-state index in [4.69, 9.17) is 10.2 Å². The van der Waals surface area contributed by atoms with Gasteiger partial charge in [-0.2, -0.15) is 0 Å². The van der Waals surface area contributed by atoms with Crippen LogP contribution in [-0.4, -0.2) is 0 Å². The van der Waals surface area contributed by atoms with Crippen molar-refractivity contribution < 1.29 is 22.0 Å². The van der Waals surface area contributed by atoms with E-state index in [9.17, 15) is 17.6 Å².